The van der Waals surface area contributed by atoms with Crippen LogP contribution in [0, 0.1) is 11.3 Å². The van der Waals surface area contributed by atoms with E-state index in [4.69, 9.17) is 9.78 Å². The Kier molecular flexibility index (Phi) is 2.61. The van der Waals surface area contributed by atoms with Gasteiger partial charge in [-0.3, -0.25) is 0 Å². The van der Waals surface area contributed by atoms with Gasteiger partial charge in [0.2, 0.25) is 5.76 Å². The largest absolute Gasteiger partial charge is 0.378 e. The van der Waals surface area contributed by atoms with E-state index < -0.39 is 0 Å². The molecule has 4 heteroatoms. The molecule has 0 aliphatic rings. The van der Waals surface area contributed by atoms with Crippen LogP contribution >= 0.6 is 0 Å². The lowest BCUT2D eigenvalue weighted by atomic mass is 10.1. The molecule has 0 radical (unpaired) electrons. The van der Waals surface area contributed by atoms with Gasteiger partial charge in [-0.1, -0.05) is 17.3 Å². The maximum atomic E-state index is 8.62. The van der Waals surface area contributed by atoms with Crippen LogP contribution in [0.4, 0.5) is 5.69 Å². The normalized spacial score (nSPS) is 9.81. The molecular weight excluding hydrogens is 202 g/mol. The predicted octanol–water partition coefficient (Wildman–Crippen LogP) is 2.28. The number of nitriles is 1. The summed E-state index contributed by atoms with van der Waals surface area (Å²) in [5, 5.41) is 12.4. The molecule has 0 bridgehead atoms. The highest BCUT2D eigenvalue weighted by Crippen LogP contribution is 2.21. The fraction of sp³-hybridized carbons (Fsp3) is 0.167. The van der Waals surface area contributed by atoms with Gasteiger partial charge in [-0.2, -0.15) is 5.26 Å². The summed E-state index contributed by atoms with van der Waals surface area (Å²) in [6, 6.07) is 11.4. The predicted molar refractivity (Wildman–Crippen MR) is 61.0 cm³/mol. The van der Waals surface area contributed by atoms with E-state index in [1.165, 1.54) is 0 Å². The number of anilines is 1. The van der Waals surface area contributed by atoms with Gasteiger partial charge in [0.1, 0.15) is 11.8 Å². The van der Waals surface area contributed by atoms with E-state index in [2.05, 4.69) is 5.16 Å². The van der Waals surface area contributed by atoms with Crippen molar-refractivity contribution in [1.82, 2.24) is 5.16 Å². The smallest absolute Gasteiger partial charge is 0.236 e. The molecule has 0 unspecified atom stereocenters. The number of nitrogens with zero attached hydrogens (tertiary/aromatic N) is 3. The third-order valence-electron chi connectivity index (χ3n) is 2.30. The van der Waals surface area contributed by atoms with E-state index in [1.54, 1.807) is 6.07 Å². The van der Waals surface area contributed by atoms with Crippen molar-refractivity contribution in [1.29, 1.82) is 5.26 Å². The third kappa shape index (κ3) is 1.89. The van der Waals surface area contributed by atoms with E-state index in [0.717, 1.165) is 11.3 Å². The lowest BCUT2D eigenvalue weighted by molar-refractivity contribution is 0.412. The molecule has 0 spiro atoms. The van der Waals surface area contributed by atoms with Crippen molar-refractivity contribution in [2.24, 2.45) is 0 Å². The summed E-state index contributed by atoms with van der Waals surface area (Å²) < 4.78 is 4.82. The van der Waals surface area contributed by atoms with Crippen LogP contribution in [-0.4, -0.2) is 19.3 Å². The highest BCUT2D eigenvalue weighted by atomic mass is 16.5. The molecule has 0 saturated carbocycles. The van der Waals surface area contributed by atoms with Gasteiger partial charge >= 0.3 is 0 Å². The molecule has 0 N–H and O–H groups in total. The van der Waals surface area contributed by atoms with E-state index in [9.17, 15) is 0 Å². The Balaban J connectivity index is 2.31. The van der Waals surface area contributed by atoms with Gasteiger partial charge in [0.15, 0.2) is 0 Å². The zero-order chi connectivity index (χ0) is 11.5. The number of rotatable bonds is 2. The minimum absolute atomic E-state index is 0.228. The Hall–Kier alpha value is -2.28. The van der Waals surface area contributed by atoms with Gasteiger partial charge in [-0.25, -0.2) is 0 Å². The Morgan fingerprint density at radius 3 is 2.44 bits per heavy atom. The van der Waals surface area contributed by atoms with E-state index in [1.807, 2.05) is 49.3 Å². The van der Waals surface area contributed by atoms with Crippen LogP contribution in [0.2, 0.25) is 0 Å². The Morgan fingerprint density at radius 2 is 1.94 bits per heavy atom. The van der Waals surface area contributed by atoms with Crippen LogP contribution in [0.1, 0.15) is 5.76 Å². The van der Waals surface area contributed by atoms with E-state index >= 15 is 0 Å². The van der Waals surface area contributed by atoms with Crippen molar-refractivity contribution in [3.8, 4) is 17.3 Å². The monoisotopic (exact) mass is 213 g/mol. The van der Waals surface area contributed by atoms with E-state index in [-0.39, 0.29) is 5.76 Å². The second-order valence-corrected chi connectivity index (χ2v) is 3.63. The SMILES string of the molecule is CN(C)c1ccc(-c2cc(C#N)on2)cc1. The number of hydrogen-bond acceptors (Lipinski definition) is 4. The highest BCUT2D eigenvalue weighted by molar-refractivity contribution is 5.63. The van der Waals surface area contributed by atoms with Crippen molar-refractivity contribution in [3.63, 3.8) is 0 Å². The molecule has 1 aromatic heterocycles. The van der Waals surface area contributed by atoms with Gasteiger partial charge in [0.05, 0.1) is 0 Å². The molecule has 0 fully saturated rings. The first-order valence-corrected chi connectivity index (χ1v) is 4.85. The zero-order valence-electron chi connectivity index (χ0n) is 9.14. The first-order valence-electron chi connectivity index (χ1n) is 4.85. The standard InChI is InChI=1S/C12H11N3O/c1-15(2)10-5-3-9(4-6-10)12-7-11(8-13)16-14-12/h3-7H,1-2H3. The number of aromatic nitrogens is 1. The van der Waals surface area contributed by atoms with Gasteiger partial charge < -0.3 is 9.42 Å². The van der Waals surface area contributed by atoms with Crippen LogP contribution in [0.3, 0.4) is 0 Å². The first kappa shape index (κ1) is 10.2. The van der Waals surface area contributed by atoms with Gasteiger partial charge in [0.25, 0.3) is 0 Å². The molecule has 0 atom stereocenters. The fourth-order valence-corrected chi connectivity index (χ4v) is 1.39. The maximum Gasteiger partial charge on any atom is 0.236 e. The Labute approximate surface area is 93.7 Å². The molecule has 0 saturated heterocycles. The maximum absolute atomic E-state index is 8.62. The Bertz CT molecular complexity index is 520. The summed E-state index contributed by atoms with van der Waals surface area (Å²) in [6.07, 6.45) is 0. The molecule has 1 heterocycles. The number of hydrogen-bond donors (Lipinski definition) is 0. The average molecular weight is 213 g/mol. The van der Waals surface area contributed by atoms with Crippen LogP contribution in [0.25, 0.3) is 11.3 Å². The van der Waals surface area contributed by atoms with Crippen molar-refractivity contribution in [2.45, 2.75) is 0 Å². The molecule has 80 valence electrons. The summed E-state index contributed by atoms with van der Waals surface area (Å²) in [5.41, 5.74) is 2.74. The topological polar surface area (TPSA) is 53.1 Å². The van der Waals surface area contributed by atoms with Crippen molar-refractivity contribution >= 4 is 5.69 Å². The molecule has 0 amide bonds. The van der Waals surface area contributed by atoms with Gasteiger partial charge in [-0.05, 0) is 12.1 Å². The molecule has 0 aliphatic heterocycles. The van der Waals surface area contributed by atoms with E-state index in [0.29, 0.717) is 5.69 Å². The van der Waals surface area contributed by atoms with Gasteiger partial charge in [0, 0.05) is 31.4 Å². The van der Waals surface area contributed by atoms with Crippen LogP contribution in [0.15, 0.2) is 34.9 Å². The summed E-state index contributed by atoms with van der Waals surface area (Å²) >= 11 is 0. The lowest BCUT2D eigenvalue weighted by Gasteiger charge is -2.11. The minimum Gasteiger partial charge on any atom is -0.378 e. The van der Waals surface area contributed by atoms with Crippen molar-refractivity contribution < 1.29 is 4.52 Å². The summed E-state index contributed by atoms with van der Waals surface area (Å²) in [4.78, 5) is 2.02. The third-order valence-corrected chi connectivity index (χ3v) is 2.30. The Morgan fingerprint density at radius 1 is 1.25 bits per heavy atom. The van der Waals surface area contributed by atoms with Crippen LogP contribution < -0.4 is 4.90 Å². The molecular formula is C12H11N3O. The second-order valence-electron chi connectivity index (χ2n) is 3.63. The van der Waals surface area contributed by atoms with Crippen molar-refractivity contribution in [2.75, 3.05) is 19.0 Å². The molecule has 16 heavy (non-hydrogen) atoms. The first-order chi connectivity index (χ1) is 7.70. The molecule has 1 aromatic carbocycles. The number of benzene rings is 1. The fourth-order valence-electron chi connectivity index (χ4n) is 1.39. The second kappa shape index (κ2) is 4.07. The van der Waals surface area contributed by atoms with Gasteiger partial charge in [-0.15, -0.1) is 0 Å². The highest BCUT2D eigenvalue weighted by Gasteiger charge is 2.05. The van der Waals surface area contributed by atoms with Crippen LogP contribution in [0.5, 0.6) is 0 Å². The summed E-state index contributed by atoms with van der Waals surface area (Å²) in [5.74, 6) is 0.228. The zero-order valence-corrected chi connectivity index (χ0v) is 9.14. The quantitative estimate of drug-likeness (QED) is 0.768. The average Bonchev–Trinajstić information content (AvgIpc) is 2.77. The molecule has 0 aliphatic carbocycles. The lowest BCUT2D eigenvalue weighted by Crippen LogP contribution is -2.07. The summed E-state index contributed by atoms with van der Waals surface area (Å²) in [7, 11) is 3.97. The molecule has 2 aromatic rings. The van der Waals surface area contributed by atoms with Crippen LogP contribution in [-0.2, 0) is 0 Å². The molecule has 4 nitrogen and oxygen atoms in total. The van der Waals surface area contributed by atoms with Crippen molar-refractivity contribution in [3.05, 3.63) is 36.1 Å². The molecule has 2 rings (SSSR count). The minimum atomic E-state index is 0.228. The summed E-state index contributed by atoms with van der Waals surface area (Å²) in [6.45, 7) is 0.